The van der Waals surface area contributed by atoms with Crippen LogP contribution >= 0.6 is 11.3 Å². The number of nitrogens with one attached hydrogen (secondary N) is 1. The van der Waals surface area contributed by atoms with Crippen molar-refractivity contribution in [3.63, 3.8) is 0 Å². The van der Waals surface area contributed by atoms with Gasteiger partial charge in [-0.15, -0.1) is 11.3 Å². The summed E-state index contributed by atoms with van der Waals surface area (Å²) in [6.07, 6.45) is 8.35. The Morgan fingerprint density at radius 2 is 1.91 bits per heavy atom. The zero-order valence-electron chi connectivity index (χ0n) is 20.1. The molecule has 1 aliphatic carbocycles. The first-order chi connectivity index (χ1) is 16.5. The molecule has 2 heterocycles. The number of thiophene rings is 1. The highest BCUT2D eigenvalue weighted by molar-refractivity contribution is 7.10. The van der Waals surface area contributed by atoms with E-state index in [1.54, 1.807) is 20.9 Å². The molecule has 1 unspecified atom stereocenters. The zero-order valence-corrected chi connectivity index (χ0v) is 20.9. The lowest BCUT2D eigenvalue weighted by atomic mass is 9.94. The summed E-state index contributed by atoms with van der Waals surface area (Å²) in [5, 5.41) is 9.76. The van der Waals surface area contributed by atoms with Gasteiger partial charge >= 0.3 is 0 Å². The first-order valence-electron chi connectivity index (χ1n) is 12.2. The third-order valence-corrected chi connectivity index (χ3v) is 7.44. The molecule has 1 N–H and O–H groups in total. The number of amides is 2. The Bertz CT molecular complexity index is 1070. The van der Waals surface area contributed by atoms with Gasteiger partial charge in [0.15, 0.2) is 0 Å². The first kappa shape index (κ1) is 24.2. The summed E-state index contributed by atoms with van der Waals surface area (Å²) in [4.78, 5) is 30.3. The van der Waals surface area contributed by atoms with E-state index < -0.39 is 6.04 Å². The number of nitrogens with zero attached hydrogens (tertiary/aromatic N) is 3. The Hall–Kier alpha value is -2.93. The van der Waals surface area contributed by atoms with Crippen LogP contribution in [0.25, 0.3) is 0 Å². The third kappa shape index (κ3) is 6.14. The van der Waals surface area contributed by atoms with E-state index in [0.717, 1.165) is 47.4 Å². The SMILES string of the molecule is Cc1nn(C)cc1C(C(=O)NC1CCCCC1)N(CCc1ccccc1)C(=O)Cc1cccs1. The topological polar surface area (TPSA) is 67.2 Å². The van der Waals surface area contributed by atoms with Crippen LogP contribution in [-0.2, 0) is 29.5 Å². The van der Waals surface area contributed by atoms with Gasteiger partial charge in [-0.1, -0.05) is 55.7 Å². The molecule has 0 aliphatic heterocycles. The molecule has 1 atom stereocenters. The van der Waals surface area contributed by atoms with Crippen LogP contribution < -0.4 is 5.32 Å². The summed E-state index contributed by atoms with van der Waals surface area (Å²) >= 11 is 1.57. The third-order valence-electron chi connectivity index (χ3n) is 6.57. The van der Waals surface area contributed by atoms with Gasteiger partial charge < -0.3 is 10.2 Å². The fourth-order valence-corrected chi connectivity index (χ4v) is 5.52. The average molecular weight is 479 g/mol. The Labute approximate surface area is 206 Å². The maximum absolute atomic E-state index is 13.8. The van der Waals surface area contributed by atoms with Crippen molar-refractivity contribution in [3.8, 4) is 0 Å². The molecule has 34 heavy (non-hydrogen) atoms. The maximum atomic E-state index is 13.8. The number of rotatable bonds is 9. The van der Waals surface area contributed by atoms with E-state index in [2.05, 4.69) is 22.5 Å². The van der Waals surface area contributed by atoms with Gasteiger partial charge in [0.05, 0.1) is 12.1 Å². The van der Waals surface area contributed by atoms with E-state index in [9.17, 15) is 9.59 Å². The van der Waals surface area contributed by atoms with Crippen molar-refractivity contribution in [3.05, 3.63) is 75.7 Å². The average Bonchev–Trinajstić information content (AvgIpc) is 3.46. The van der Waals surface area contributed by atoms with Crippen molar-refractivity contribution in [2.75, 3.05) is 6.54 Å². The van der Waals surface area contributed by atoms with Gasteiger partial charge in [0, 0.05) is 36.3 Å². The van der Waals surface area contributed by atoms with Crippen LogP contribution in [0.2, 0.25) is 0 Å². The summed E-state index contributed by atoms with van der Waals surface area (Å²) in [5.74, 6) is -0.138. The second kappa shape index (κ2) is 11.5. The lowest BCUT2D eigenvalue weighted by Crippen LogP contribution is -2.48. The lowest BCUT2D eigenvalue weighted by Gasteiger charge is -2.33. The van der Waals surface area contributed by atoms with Crippen LogP contribution in [0.4, 0.5) is 0 Å². The van der Waals surface area contributed by atoms with Gasteiger partial charge in [0.2, 0.25) is 11.8 Å². The Kier molecular flexibility index (Phi) is 8.16. The maximum Gasteiger partial charge on any atom is 0.247 e. The van der Waals surface area contributed by atoms with Crippen molar-refractivity contribution in [2.45, 2.75) is 64.0 Å². The highest BCUT2D eigenvalue weighted by Crippen LogP contribution is 2.27. The monoisotopic (exact) mass is 478 g/mol. The van der Waals surface area contributed by atoms with Gasteiger partial charge in [0.1, 0.15) is 6.04 Å². The first-order valence-corrected chi connectivity index (χ1v) is 13.1. The van der Waals surface area contributed by atoms with E-state index >= 15 is 0 Å². The molecule has 0 bridgehead atoms. The molecule has 0 saturated heterocycles. The number of aryl methyl sites for hydroxylation is 2. The van der Waals surface area contributed by atoms with Gasteiger partial charge in [-0.3, -0.25) is 14.3 Å². The van der Waals surface area contributed by atoms with Gasteiger partial charge in [-0.25, -0.2) is 0 Å². The normalized spacial score (nSPS) is 15.1. The molecule has 1 fully saturated rings. The molecule has 7 heteroatoms. The van der Waals surface area contributed by atoms with Crippen LogP contribution in [-0.4, -0.2) is 39.1 Å². The number of hydrogen-bond donors (Lipinski definition) is 1. The van der Waals surface area contributed by atoms with Crippen LogP contribution in [0, 0.1) is 6.92 Å². The van der Waals surface area contributed by atoms with Gasteiger partial charge in [0.25, 0.3) is 0 Å². The summed E-state index contributed by atoms with van der Waals surface area (Å²) in [5.41, 5.74) is 2.72. The van der Waals surface area contributed by atoms with Crippen molar-refractivity contribution in [2.24, 2.45) is 7.05 Å². The quantitative estimate of drug-likeness (QED) is 0.489. The second-order valence-corrected chi connectivity index (χ2v) is 10.2. The number of benzene rings is 1. The number of carbonyl (C=O) groups excluding carboxylic acids is 2. The van der Waals surface area contributed by atoms with Crippen LogP contribution in [0.15, 0.2) is 54.0 Å². The van der Waals surface area contributed by atoms with Crippen LogP contribution in [0.3, 0.4) is 0 Å². The standard InChI is InChI=1S/C27H34N4O2S/c1-20-24(19-30(2)29-20)26(27(33)28-22-12-7-4-8-13-22)31(16-15-21-10-5-3-6-11-21)25(32)18-23-14-9-17-34-23/h3,5-6,9-11,14,17,19,22,26H,4,7-8,12-13,15-16,18H2,1-2H3,(H,28,33). The van der Waals surface area contributed by atoms with Crippen molar-refractivity contribution in [1.82, 2.24) is 20.0 Å². The fraction of sp³-hybridized carbons (Fsp3) is 0.444. The molecule has 0 spiro atoms. The smallest absolute Gasteiger partial charge is 0.247 e. The zero-order chi connectivity index (χ0) is 23.9. The van der Waals surface area contributed by atoms with E-state index in [1.165, 1.54) is 6.42 Å². The molecular weight excluding hydrogens is 444 g/mol. The van der Waals surface area contributed by atoms with E-state index in [-0.39, 0.29) is 17.9 Å². The van der Waals surface area contributed by atoms with Gasteiger partial charge in [-0.05, 0) is 43.2 Å². The Morgan fingerprint density at radius 1 is 1.15 bits per heavy atom. The minimum Gasteiger partial charge on any atom is -0.351 e. The number of hydrogen-bond acceptors (Lipinski definition) is 4. The van der Waals surface area contributed by atoms with Crippen molar-refractivity contribution in [1.29, 1.82) is 0 Å². The molecule has 0 radical (unpaired) electrons. The summed E-state index contributed by atoms with van der Waals surface area (Å²) in [7, 11) is 1.86. The second-order valence-electron chi connectivity index (χ2n) is 9.17. The molecule has 6 nitrogen and oxygen atoms in total. The molecule has 1 saturated carbocycles. The number of carbonyl (C=O) groups is 2. The van der Waals surface area contributed by atoms with E-state index in [0.29, 0.717) is 19.4 Å². The number of aromatic nitrogens is 2. The summed E-state index contributed by atoms with van der Waals surface area (Å²) < 4.78 is 1.73. The minimum atomic E-state index is -0.702. The molecule has 1 aliphatic rings. The van der Waals surface area contributed by atoms with Crippen molar-refractivity contribution < 1.29 is 9.59 Å². The van der Waals surface area contributed by atoms with Gasteiger partial charge in [-0.2, -0.15) is 5.10 Å². The highest BCUT2D eigenvalue weighted by atomic mass is 32.1. The van der Waals surface area contributed by atoms with Crippen LogP contribution in [0.5, 0.6) is 0 Å². The predicted molar refractivity (Wildman–Crippen MR) is 136 cm³/mol. The summed E-state index contributed by atoms with van der Waals surface area (Å²) in [6.45, 7) is 2.38. The molecule has 3 aromatic rings. The Morgan fingerprint density at radius 3 is 2.56 bits per heavy atom. The van der Waals surface area contributed by atoms with Crippen LogP contribution in [0.1, 0.15) is 59.8 Å². The molecule has 2 aromatic heterocycles. The largest absolute Gasteiger partial charge is 0.351 e. The minimum absolute atomic E-state index is 0.0366. The Balaban J connectivity index is 1.65. The fourth-order valence-electron chi connectivity index (χ4n) is 4.82. The molecule has 1 aromatic carbocycles. The predicted octanol–water partition coefficient (Wildman–Crippen LogP) is 4.59. The summed E-state index contributed by atoms with van der Waals surface area (Å²) in [6, 6.07) is 13.5. The lowest BCUT2D eigenvalue weighted by molar-refractivity contribution is -0.140. The molecule has 2 amide bonds. The van der Waals surface area contributed by atoms with Crippen molar-refractivity contribution >= 4 is 23.2 Å². The van der Waals surface area contributed by atoms with E-state index in [4.69, 9.17) is 0 Å². The molecule has 4 rings (SSSR count). The van der Waals surface area contributed by atoms with E-state index in [1.807, 2.05) is 55.9 Å². The highest BCUT2D eigenvalue weighted by Gasteiger charge is 2.34. The molecular formula is C27H34N4O2S. The molecule has 180 valence electrons.